The van der Waals surface area contributed by atoms with Gasteiger partial charge in [0.1, 0.15) is 5.82 Å². The van der Waals surface area contributed by atoms with Gasteiger partial charge in [-0.1, -0.05) is 30.8 Å². The number of hydrogen-bond acceptors (Lipinski definition) is 6. The molecule has 1 aliphatic carbocycles. The smallest absolute Gasteiger partial charge is 0.353 e. The molecule has 1 saturated carbocycles. The Kier molecular flexibility index (Phi) is 5.92. The second-order valence-corrected chi connectivity index (χ2v) is 7.88. The number of alkyl halides is 3. The van der Waals surface area contributed by atoms with Crippen LogP contribution in [0.2, 0.25) is 0 Å². The van der Waals surface area contributed by atoms with Crippen molar-refractivity contribution in [2.75, 3.05) is 31.1 Å². The summed E-state index contributed by atoms with van der Waals surface area (Å²) in [6, 6.07) is 3.34. The van der Waals surface area contributed by atoms with E-state index < -0.39 is 12.1 Å². The molecule has 162 valence electrons. The van der Waals surface area contributed by atoms with Crippen LogP contribution in [0.1, 0.15) is 44.4 Å². The van der Waals surface area contributed by atoms with Crippen molar-refractivity contribution in [1.29, 1.82) is 0 Å². The molecule has 2 aromatic rings. The number of halogens is 3. The summed E-state index contributed by atoms with van der Waals surface area (Å²) < 4.78 is 42.0. The number of anilines is 1. The van der Waals surface area contributed by atoms with E-state index >= 15 is 0 Å². The Morgan fingerprint density at radius 3 is 2.47 bits per heavy atom. The lowest BCUT2D eigenvalue weighted by Crippen LogP contribution is -2.49. The lowest BCUT2D eigenvalue weighted by atomic mass is 10.0. The third-order valence-corrected chi connectivity index (χ3v) is 5.87. The van der Waals surface area contributed by atoms with Crippen LogP contribution in [0.15, 0.2) is 22.9 Å². The highest BCUT2D eigenvalue weighted by atomic mass is 19.4. The van der Waals surface area contributed by atoms with Crippen molar-refractivity contribution in [2.45, 2.75) is 44.7 Å². The fourth-order valence-electron chi connectivity index (χ4n) is 4.13. The summed E-state index contributed by atoms with van der Waals surface area (Å²) >= 11 is 0. The van der Waals surface area contributed by atoms with Crippen LogP contribution in [0.25, 0.3) is 11.4 Å². The molecule has 4 rings (SSSR count). The monoisotopic (exact) mass is 423 g/mol. The van der Waals surface area contributed by atoms with Crippen LogP contribution < -0.4 is 4.90 Å². The summed E-state index contributed by atoms with van der Waals surface area (Å²) in [6.45, 7) is 2.63. The van der Waals surface area contributed by atoms with Gasteiger partial charge >= 0.3 is 12.1 Å². The predicted molar refractivity (Wildman–Crippen MR) is 103 cm³/mol. The van der Waals surface area contributed by atoms with Gasteiger partial charge in [0, 0.05) is 44.4 Å². The quantitative estimate of drug-likeness (QED) is 0.729. The third kappa shape index (κ3) is 4.73. The molecule has 1 saturated heterocycles. The van der Waals surface area contributed by atoms with E-state index in [1.54, 1.807) is 12.1 Å². The minimum absolute atomic E-state index is 0.154. The highest BCUT2D eigenvalue weighted by molar-refractivity contribution is 5.76. The van der Waals surface area contributed by atoms with Gasteiger partial charge in [-0.3, -0.25) is 4.79 Å². The fourth-order valence-corrected chi connectivity index (χ4v) is 4.13. The molecule has 3 heterocycles. The van der Waals surface area contributed by atoms with Crippen LogP contribution in [0, 0.1) is 5.92 Å². The predicted octanol–water partition coefficient (Wildman–Crippen LogP) is 3.77. The molecular weight excluding hydrogens is 399 g/mol. The highest BCUT2D eigenvalue weighted by Crippen LogP contribution is 2.30. The maximum absolute atomic E-state index is 12.6. The van der Waals surface area contributed by atoms with Crippen molar-refractivity contribution in [1.82, 2.24) is 20.0 Å². The maximum atomic E-state index is 12.6. The Morgan fingerprint density at radius 2 is 1.87 bits per heavy atom. The SMILES string of the molecule is O=C(CCC1CCCC1)N1CCN(c2ccc(-c3noc(C(F)(F)F)n3)cn2)CC1. The van der Waals surface area contributed by atoms with Gasteiger partial charge < -0.3 is 14.3 Å². The Balaban J connectivity index is 1.29. The topological polar surface area (TPSA) is 75.4 Å². The van der Waals surface area contributed by atoms with Gasteiger partial charge in [0.2, 0.25) is 11.7 Å². The molecule has 0 bridgehead atoms. The fraction of sp³-hybridized carbons (Fsp3) is 0.600. The van der Waals surface area contributed by atoms with E-state index in [0.717, 1.165) is 6.42 Å². The molecule has 0 unspecified atom stereocenters. The first-order valence-corrected chi connectivity index (χ1v) is 10.3. The number of carbonyl (C=O) groups excluding carboxylic acids is 1. The largest absolute Gasteiger partial charge is 0.471 e. The lowest BCUT2D eigenvalue weighted by molar-refractivity contribution is -0.159. The van der Waals surface area contributed by atoms with Crippen molar-refractivity contribution in [3.63, 3.8) is 0 Å². The zero-order chi connectivity index (χ0) is 21.1. The Labute approximate surface area is 172 Å². The number of pyridine rings is 1. The number of piperazine rings is 1. The molecule has 2 aromatic heterocycles. The standard InChI is InChI=1S/C20H24F3N5O2/c21-20(22,23)19-25-18(26-30-19)15-6-7-16(24-13-15)27-9-11-28(12-10-27)17(29)8-5-14-3-1-2-4-14/h6-7,13-14H,1-5,8-12H2. The van der Waals surface area contributed by atoms with E-state index in [1.807, 2.05) is 4.90 Å². The first-order chi connectivity index (χ1) is 14.4. The zero-order valence-corrected chi connectivity index (χ0v) is 16.6. The van der Waals surface area contributed by atoms with Crippen molar-refractivity contribution >= 4 is 11.7 Å². The van der Waals surface area contributed by atoms with Crippen LogP contribution in [-0.2, 0) is 11.0 Å². The van der Waals surface area contributed by atoms with E-state index in [9.17, 15) is 18.0 Å². The summed E-state index contributed by atoms with van der Waals surface area (Å²) in [5.74, 6) is 0.109. The second kappa shape index (κ2) is 8.61. The number of aromatic nitrogens is 3. The normalized spacial score (nSPS) is 18.2. The van der Waals surface area contributed by atoms with Crippen LogP contribution in [0.3, 0.4) is 0 Å². The zero-order valence-electron chi connectivity index (χ0n) is 16.6. The minimum Gasteiger partial charge on any atom is -0.353 e. The molecule has 2 aliphatic rings. The van der Waals surface area contributed by atoms with E-state index in [1.165, 1.54) is 31.9 Å². The van der Waals surface area contributed by atoms with Crippen molar-refractivity contribution in [3.05, 3.63) is 24.2 Å². The number of hydrogen-bond donors (Lipinski definition) is 0. The molecule has 0 N–H and O–H groups in total. The average molecular weight is 423 g/mol. The molecule has 0 spiro atoms. The molecule has 7 nitrogen and oxygen atoms in total. The summed E-state index contributed by atoms with van der Waals surface area (Å²) in [7, 11) is 0. The highest BCUT2D eigenvalue weighted by Gasteiger charge is 2.38. The van der Waals surface area contributed by atoms with Crippen molar-refractivity contribution in [3.8, 4) is 11.4 Å². The van der Waals surface area contributed by atoms with Crippen LogP contribution in [0.5, 0.6) is 0 Å². The van der Waals surface area contributed by atoms with Gasteiger partial charge in [0.05, 0.1) is 0 Å². The minimum atomic E-state index is -4.67. The molecule has 1 amide bonds. The first kappa shape index (κ1) is 20.6. The van der Waals surface area contributed by atoms with E-state index in [0.29, 0.717) is 49.9 Å². The summed E-state index contributed by atoms with van der Waals surface area (Å²) in [5, 5.41) is 3.37. The molecule has 0 aromatic carbocycles. The second-order valence-electron chi connectivity index (χ2n) is 7.88. The Bertz CT molecular complexity index is 854. The molecule has 0 atom stereocenters. The number of amides is 1. The number of nitrogens with zero attached hydrogens (tertiary/aromatic N) is 5. The van der Waals surface area contributed by atoms with Crippen LogP contribution in [-0.4, -0.2) is 52.1 Å². The Hall–Kier alpha value is -2.65. The number of carbonyl (C=O) groups is 1. The molecule has 30 heavy (non-hydrogen) atoms. The van der Waals surface area contributed by atoms with Crippen molar-refractivity contribution < 1.29 is 22.5 Å². The average Bonchev–Trinajstić information content (AvgIpc) is 3.44. The van der Waals surface area contributed by atoms with E-state index in [4.69, 9.17) is 0 Å². The summed E-state index contributed by atoms with van der Waals surface area (Å²) in [5.41, 5.74) is 0.346. The Morgan fingerprint density at radius 1 is 1.13 bits per heavy atom. The summed E-state index contributed by atoms with van der Waals surface area (Å²) in [4.78, 5) is 24.1. The maximum Gasteiger partial charge on any atom is 0.471 e. The van der Waals surface area contributed by atoms with E-state index in [2.05, 4.69) is 24.5 Å². The van der Waals surface area contributed by atoms with Gasteiger partial charge in [0.15, 0.2) is 0 Å². The van der Waals surface area contributed by atoms with Crippen LogP contribution >= 0.6 is 0 Å². The number of rotatable bonds is 5. The van der Waals surface area contributed by atoms with Gasteiger partial charge in [-0.2, -0.15) is 18.2 Å². The third-order valence-electron chi connectivity index (χ3n) is 5.87. The molecule has 10 heteroatoms. The van der Waals surface area contributed by atoms with Gasteiger partial charge in [-0.15, -0.1) is 0 Å². The molecule has 0 radical (unpaired) electrons. The summed E-state index contributed by atoms with van der Waals surface area (Å²) in [6.07, 6.45) is 3.47. The molecule has 1 aliphatic heterocycles. The van der Waals surface area contributed by atoms with E-state index in [-0.39, 0.29) is 11.7 Å². The lowest BCUT2D eigenvalue weighted by Gasteiger charge is -2.35. The van der Waals surface area contributed by atoms with Gasteiger partial charge in [0.25, 0.3) is 0 Å². The first-order valence-electron chi connectivity index (χ1n) is 10.3. The molecule has 2 fully saturated rings. The van der Waals surface area contributed by atoms with Gasteiger partial charge in [-0.05, 0) is 24.5 Å². The van der Waals surface area contributed by atoms with Crippen LogP contribution in [0.4, 0.5) is 19.0 Å². The van der Waals surface area contributed by atoms with Crippen molar-refractivity contribution in [2.24, 2.45) is 5.92 Å². The molecular formula is C20H24F3N5O2. The van der Waals surface area contributed by atoms with Gasteiger partial charge in [-0.25, -0.2) is 4.98 Å².